The van der Waals surface area contributed by atoms with Gasteiger partial charge in [-0.2, -0.15) is 0 Å². The number of carbonyl (C=O) groups excluding carboxylic acids is 2. The molecule has 0 unspecified atom stereocenters. The van der Waals surface area contributed by atoms with E-state index in [2.05, 4.69) is 5.32 Å². The second kappa shape index (κ2) is 8.97. The average molecular weight is 294 g/mol. The predicted octanol–water partition coefficient (Wildman–Crippen LogP) is 1.44. The van der Waals surface area contributed by atoms with Gasteiger partial charge in [-0.05, 0) is 11.5 Å². The minimum atomic E-state index is -0.750. The Hall–Kier alpha value is -2.08. The molecule has 1 atom stereocenters. The number of benzene rings is 1. The zero-order valence-corrected chi connectivity index (χ0v) is 12.4. The summed E-state index contributed by atoms with van der Waals surface area (Å²) in [4.78, 5) is 23.5. The van der Waals surface area contributed by atoms with Crippen LogP contribution in [0, 0.1) is 5.92 Å². The Labute approximate surface area is 124 Å². The highest BCUT2D eigenvalue weighted by Crippen LogP contribution is 2.06. The molecule has 116 valence electrons. The molecule has 21 heavy (non-hydrogen) atoms. The van der Waals surface area contributed by atoms with E-state index in [1.807, 2.05) is 44.2 Å². The molecule has 1 aromatic rings. The molecule has 1 rings (SSSR count). The average Bonchev–Trinajstić information content (AvgIpc) is 2.49. The number of carbonyl (C=O) groups is 2. The van der Waals surface area contributed by atoms with Gasteiger partial charge in [-0.15, -0.1) is 0 Å². The molecule has 0 aliphatic heterocycles. The number of amides is 1. The van der Waals surface area contributed by atoms with Crippen molar-refractivity contribution in [2.24, 2.45) is 11.7 Å². The Morgan fingerprint density at radius 2 is 1.86 bits per heavy atom. The van der Waals surface area contributed by atoms with Crippen LogP contribution in [0.15, 0.2) is 30.3 Å². The fourth-order valence-corrected chi connectivity index (χ4v) is 1.64. The summed E-state index contributed by atoms with van der Waals surface area (Å²) in [5, 5.41) is 2.52. The van der Waals surface area contributed by atoms with Gasteiger partial charge < -0.3 is 20.5 Å². The number of rotatable bonds is 7. The summed E-state index contributed by atoms with van der Waals surface area (Å²) in [6.45, 7) is 4.14. The molecule has 3 N–H and O–H groups in total. The topological polar surface area (TPSA) is 90.6 Å². The van der Waals surface area contributed by atoms with Crippen molar-refractivity contribution in [1.29, 1.82) is 0 Å². The number of hydrogen-bond acceptors (Lipinski definition) is 5. The first-order chi connectivity index (χ1) is 10.0. The van der Waals surface area contributed by atoms with Crippen LogP contribution in [0.1, 0.15) is 19.4 Å². The number of ether oxygens (including phenoxy) is 2. The molecule has 0 fully saturated rings. The van der Waals surface area contributed by atoms with Gasteiger partial charge in [-0.3, -0.25) is 0 Å². The third-order valence-electron chi connectivity index (χ3n) is 2.77. The molecule has 0 bridgehead atoms. The second-order valence-electron chi connectivity index (χ2n) is 4.88. The third-order valence-corrected chi connectivity index (χ3v) is 2.77. The summed E-state index contributed by atoms with van der Waals surface area (Å²) in [5.41, 5.74) is 6.15. The van der Waals surface area contributed by atoms with E-state index in [1.54, 1.807) is 0 Å². The van der Waals surface area contributed by atoms with Gasteiger partial charge in [0.2, 0.25) is 0 Å². The van der Waals surface area contributed by atoms with E-state index in [0.717, 1.165) is 5.56 Å². The van der Waals surface area contributed by atoms with Crippen LogP contribution in [0.4, 0.5) is 4.79 Å². The van der Waals surface area contributed by atoms with Gasteiger partial charge in [-0.25, -0.2) is 9.59 Å². The number of esters is 1. The van der Waals surface area contributed by atoms with E-state index in [0.29, 0.717) is 0 Å². The number of hydrogen-bond donors (Lipinski definition) is 2. The molecule has 0 radical (unpaired) electrons. The molecule has 0 saturated carbocycles. The summed E-state index contributed by atoms with van der Waals surface area (Å²) < 4.78 is 10.0. The Kier molecular flexibility index (Phi) is 7.25. The lowest BCUT2D eigenvalue weighted by atomic mass is 10.1. The van der Waals surface area contributed by atoms with Crippen LogP contribution in [0.5, 0.6) is 0 Å². The predicted molar refractivity (Wildman–Crippen MR) is 78.4 cm³/mol. The molecule has 6 nitrogen and oxygen atoms in total. The van der Waals surface area contributed by atoms with Crippen LogP contribution in [-0.2, 0) is 20.9 Å². The van der Waals surface area contributed by atoms with E-state index >= 15 is 0 Å². The highest BCUT2D eigenvalue weighted by Gasteiger charge is 2.26. The lowest BCUT2D eigenvalue weighted by Crippen LogP contribution is -2.45. The smallest absolute Gasteiger partial charge is 0.408 e. The molecule has 6 heteroatoms. The van der Waals surface area contributed by atoms with Crippen LogP contribution in [0.25, 0.3) is 0 Å². The number of nitrogens with one attached hydrogen (secondary N) is 1. The molecule has 0 saturated heterocycles. The van der Waals surface area contributed by atoms with Gasteiger partial charge in [0.1, 0.15) is 19.3 Å². The van der Waals surface area contributed by atoms with Gasteiger partial charge in [-0.1, -0.05) is 44.2 Å². The Bertz CT molecular complexity index is 448. The van der Waals surface area contributed by atoms with Crippen LogP contribution in [0.2, 0.25) is 0 Å². The summed E-state index contributed by atoms with van der Waals surface area (Å²) in [7, 11) is 0. The van der Waals surface area contributed by atoms with E-state index < -0.39 is 18.1 Å². The first-order valence-corrected chi connectivity index (χ1v) is 6.88. The molecule has 1 amide bonds. The number of nitrogens with two attached hydrogens (primary N) is 1. The molecule has 0 spiro atoms. The number of alkyl carbamates (subject to hydrolysis) is 1. The molecular formula is C15H22N2O4. The maximum Gasteiger partial charge on any atom is 0.408 e. The fraction of sp³-hybridized carbons (Fsp3) is 0.467. The SMILES string of the molecule is CC(C)[C@H](NC(=O)OCc1ccccc1)C(=O)OCCN. The molecule has 0 aromatic heterocycles. The second-order valence-corrected chi connectivity index (χ2v) is 4.88. The third kappa shape index (κ3) is 6.27. The van der Waals surface area contributed by atoms with Crippen molar-refractivity contribution < 1.29 is 19.1 Å². The summed E-state index contributed by atoms with van der Waals surface area (Å²) in [6.07, 6.45) is -0.651. The van der Waals surface area contributed by atoms with Crippen molar-refractivity contribution in [2.45, 2.75) is 26.5 Å². The molecule has 0 aliphatic rings. The summed E-state index contributed by atoms with van der Waals surface area (Å²) in [6, 6.07) is 8.55. The van der Waals surface area contributed by atoms with E-state index in [9.17, 15) is 9.59 Å². The Morgan fingerprint density at radius 1 is 1.19 bits per heavy atom. The van der Waals surface area contributed by atoms with Gasteiger partial charge in [0.25, 0.3) is 0 Å². The first kappa shape index (κ1) is 17.0. The van der Waals surface area contributed by atoms with E-state index in [4.69, 9.17) is 15.2 Å². The molecular weight excluding hydrogens is 272 g/mol. The maximum atomic E-state index is 11.8. The van der Waals surface area contributed by atoms with Crippen molar-refractivity contribution in [3.8, 4) is 0 Å². The summed E-state index contributed by atoms with van der Waals surface area (Å²) >= 11 is 0. The molecule has 0 aliphatic carbocycles. The van der Waals surface area contributed by atoms with Crippen LogP contribution >= 0.6 is 0 Å². The molecule has 1 aromatic carbocycles. The highest BCUT2D eigenvalue weighted by molar-refractivity contribution is 5.81. The lowest BCUT2D eigenvalue weighted by Gasteiger charge is -2.20. The minimum Gasteiger partial charge on any atom is -0.463 e. The van der Waals surface area contributed by atoms with Gasteiger partial charge in [0, 0.05) is 6.54 Å². The minimum absolute atomic E-state index is 0.112. The van der Waals surface area contributed by atoms with Gasteiger partial charge in [0.15, 0.2) is 0 Å². The van der Waals surface area contributed by atoms with Crippen LogP contribution in [0.3, 0.4) is 0 Å². The summed E-state index contributed by atoms with van der Waals surface area (Å²) in [5.74, 6) is -0.619. The maximum absolute atomic E-state index is 11.8. The van der Waals surface area contributed by atoms with E-state index in [1.165, 1.54) is 0 Å². The van der Waals surface area contributed by atoms with Gasteiger partial charge in [0.05, 0.1) is 0 Å². The van der Waals surface area contributed by atoms with Crippen molar-refractivity contribution in [3.05, 3.63) is 35.9 Å². The molecule has 0 heterocycles. The van der Waals surface area contributed by atoms with Crippen LogP contribution in [-0.4, -0.2) is 31.3 Å². The van der Waals surface area contributed by atoms with Gasteiger partial charge >= 0.3 is 12.1 Å². The lowest BCUT2D eigenvalue weighted by molar-refractivity contribution is -0.146. The first-order valence-electron chi connectivity index (χ1n) is 6.88. The quantitative estimate of drug-likeness (QED) is 0.743. The monoisotopic (exact) mass is 294 g/mol. The normalized spacial score (nSPS) is 11.8. The van der Waals surface area contributed by atoms with E-state index in [-0.39, 0.29) is 25.7 Å². The fourth-order valence-electron chi connectivity index (χ4n) is 1.64. The Balaban J connectivity index is 2.47. The zero-order chi connectivity index (χ0) is 15.7. The van der Waals surface area contributed by atoms with Crippen molar-refractivity contribution in [3.63, 3.8) is 0 Å². The van der Waals surface area contributed by atoms with Crippen molar-refractivity contribution >= 4 is 12.1 Å². The van der Waals surface area contributed by atoms with Crippen molar-refractivity contribution in [1.82, 2.24) is 5.32 Å². The van der Waals surface area contributed by atoms with Crippen molar-refractivity contribution in [2.75, 3.05) is 13.2 Å². The standard InChI is InChI=1S/C15H22N2O4/c1-11(2)13(14(18)20-9-8-16)17-15(19)21-10-12-6-4-3-5-7-12/h3-7,11,13H,8-10,16H2,1-2H3,(H,17,19)/t13-/m0/s1. The van der Waals surface area contributed by atoms with Crippen LogP contribution < -0.4 is 11.1 Å². The highest BCUT2D eigenvalue weighted by atomic mass is 16.6. The zero-order valence-electron chi connectivity index (χ0n) is 12.4. The largest absolute Gasteiger partial charge is 0.463 e. The Morgan fingerprint density at radius 3 is 2.43 bits per heavy atom.